The number of para-hydroxylation sites is 1. The molecule has 0 radical (unpaired) electrons. The Morgan fingerprint density at radius 3 is 2.68 bits per heavy atom. The van der Waals surface area contributed by atoms with Crippen LogP contribution in [0.3, 0.4) is 0 Å². The van der Waals surface area contributed by atoms with Crippen LogP contribution in [0.15, 0.2) is 42.5 Å². The highest BCUT2D eigenvalue weighted by Gasteiger charge is 2.28. The van der Waals surface area contributed by atoms with Gasteiger partial charge in [0, 0.05) is 18.9 Å². The predicted molar refractivity (Wildman–Crippen MR) is 78.2 cm³/mol. The molecule has 22 heavy (non-hydrogen) atoms. The number of hydrogen-bond acceptors (Lipinski definition) is 4. The number of esters is 1. The fraction of sp³-hybridized carbons (Fsp3) is 0.176. The van der Waals surface area contributed by atoms with Crippen molar-refractivity contribution >= 4 is 11.9 Å². The molecule has 0 fully saturated rings. The van der Waals surface area contributed by atoms with E-state index >= 15 is 0 Å². The van der Waals surface area contributed by atoms with E-state index in [0.717, 1.165) is 11.3 Å². The maximum atomic E-state index is 11.4. The molecular formula is C17H14O5. The molecule has 1 N–H and O–H groups in total. The highest BCUT2D eigenvalue weighted by atomic mass is 16.5. The van der Waals surface area contributed by atoms with Gasteiger partial charge in [-0.25, -0.2) is 4.79 Å². The van der Waals surface area contributed by atoms with Gasteiger partial charge in [-0.15, -0.1) is 0 Å². The number of hydrogen-bond donors (Lipinski definition) is 1. The van der Waals surface area contributed by atoms with Crippen LogP contribution >= 0.6 is 0 Å². The summed E-state index contributed by atoms with van der Waals surface area (Å²) in [6.07, 6.45) is 0.180. The van der Waals surface area contributed by atoms with E-state index in [-0.39, 0.29) is 5.56 Å². The molecule has 3 rings (SSSR count). The first-order chi connectivity index (χ1) is 10.5. The van der Waals surface area contributed by atoms with Crippen LogP contribution in [0.1, 0.15) is 34.5 Å². The molecule has 2 aromatic carbocycles. The van der Waals surface area contributed by atoms with E-state index in [1.54, 1.807) is 6.07 Å². The maximum absolute atomic E-state index is 11.4. The van der Waals surface area contributed by atoms with Crippen LogP contribution in [0.5, 0.6) is 11.5 Å². The number of carboxylic acid groups (broad SMARTS) is 1. The Labute approximate surface area is 127 Å². The zero-order chi connectivity index (χ0) is 15.7. The van der Waals surface area contributed by atoms with Gasteiger partial charge in [0.1, 0.15) is 17.6 Å². The van der Waals surface area contributed by atoms with Gasteiger partial charge in [-0.2, -0.15) is 0 Å². The molecule has 1 unspecified atom stereocenters. The molecule has 5 heteroatoms. The molecule has 1 aliphatic rings. The first kappa shape index (κ1) is 14.1. The van der Waals surface area contributed by atoms with Gasteiger partial charge >= 0.3 is 11.9 Å². The summed E-state index contributed by atoms with van der Waals surface area (Å²) < 4.78 is 10.9. The van der Waals surface area contributed by atoms with E-state index in [2.05, 4.69) is 0 Å². The molecule has 112 valence electrons. The zero-order valence-corrected chi connectivity index (χ0v) is 11.9. The van der Waals surface area contributed by atoms with Gasteiger partial charge in [0.2, 0.25) is 0 Å². The summed E-state index contributed by atoms with van der Waals surface area (Å²) in [5, 5.41) is 9.35. The molecule has 1 atom stereocenters. The van der Waals surface area contributed by atoms with Gasteiger partial charge < -0.3 is 14.6 Å². The summed E-state index contributed by atoms with van der Waals surface area (Å²) >= 11 is 0. The van der Waals surface area contributed by atoms with Crippen molar-refractivity contribution < 1.29 is 24.2 Å². The lowest BCUT2D eigenvalue weighted by atomic mass is 9.98. The highest BCUT2D eigenvalue weighted by molar-refractivity contribution is 5.90. The van der Waals surface area contributed by atoms with Crippen molar-refractivity contribution in [3.05, 3.63) is 59.2 Å². The Hall–Kier alpha value is -2.82. The van der Waals surface area contributed by atoms with Crippen LogP contribution in [0.4, 0.5) is 0 Å². The molecule has 0 saturated heterocycles. The second kappa shape index (κ2) is 5.52. The minimum atomic E-state index is -1.04. The second-order valence-corrected chi connectivity index (χ2v) is 5.07. The zero-order valence-electron chi connectivity index (χ0n) is 11.9. The van der Waals surface area contributed by atoms with Crippen molar-refractivity contribution in [1.82, 2.24) is 0 Å². The van der Waals surface area contributed by atoms with Crippen LogP contribution in [-0.2, 0) is 11.2 Å². The topological polar surface area (TPSA) is 72.8 Å². The summed E-state index contributed by atoms with van der Waals surface area (Å²) in [5.74, 6) is -0.428. The minimum Gasteiger partial charge on any atom is -0.485 e. The number of benzene rings is 2. The van der Waals surface area contributed by atoms with Crippen molar-refractivity contribution in [1.29, 1.82) is 0 Å². The van der Waals surface area contributed by atoms with Crippen molar-refractivity contribution in [3.63, 3.8) is 0 Å². The van der Waals surface area contributed by atoms with Gasteiger partial charge in [-0.1, -0.05) is 18.2 Å². The Morgan fingerprint density at radius 2 is 2.00 bits per heavy atom. The van der Waals surface area contributed by atoms with Crippen molar-refractivity contribution in [2.75, 3.05) is 0 Å². The van der Waals surface area contributed by atoms with E-state index in [1.807, 2.05) is 24.3 Å². The van der Waals surface area contributed by atoms with E-state index < -0.39 is 18.0 Å². The van der Waals surface area contributed by atoms with Crippen molar-refractivity contribution in [3.8, 4) is 11.5 Å². The number of carbonyl (C=O) groups excluding carboxylic acids is 1. The van der Waals surface area contributed by atoms with Crippen LogP contribution in [0, 0.1) is 0 Å². The van der Waals surface area contributed by atoms with E-state index in [1.165, 1.54) is 19.1 Å². The van der Waals surface area contributed by atoms with Crippen molar-refractivity contribution in [2.24, 2.45) is 0 Å². The monoisotopic (exact) mass is 298 g/mol. The van der Waals surface area contributed by atoms with Crippen LogP contribution in [0.2, 0.25) is 0 Å². The number of rotatable bonds is 3. The van der Waals surface area contributed by atoms with Crippen LogP contribution in [0.25, 0.3) is 0 Å². The SMILES string of the molecule is CC(=O)Oc1ccc(C(=O)O)c(C2Cc3ccccc3O2)c1. The lowest BCUT2D eigenvalue weighted by Crippen LogP contribution is -2.12. The van der Waals surface area contributed by atoms with E-state index in [0.29, 0.717) is 17.7 Å². The molecule has 5 nitrogen and oxygen atoms in total. The standard InChI is InChI=1S/C17H14O5/c1-10(18)21-12-6-7-13(17(19)20)14(9-12)16-8-11-4-2-3-5-15(11)22-16/h2-7,9,16H,8H2,1H3,(H,19,20). The number of carboxylic acids is 1. The Kier molecular flexibility index (Phi) is 3.55. The first-order valence-corrected chi connectivity index (χ1v) is 6.85. The van der Waals surface area contributed by atoms with Gasteiger partial charge in [0.05, 0.1) is 5.56 Å². The summed E-state index contributed by atoms with van der Waals surface area (Å²) in [7, 11) is 0. The third-order valence-electron chi connectivity index (χ3n) is 3.51. The number of carbonyl (C=O) groups is 2. The van der Waals surface area contributed by atoms with E-state index in [4.69, 9.17) is 9.47 Å². The summed E-state index contributed by atoms with van der Waals surface area (Å²) in [6.45, 7) is 1.30. The van der Waals surface area contributed by atoms with Gasteiger partial charge in [-0.05, 0) is 29.8 Å². The molecule has 0 aromatic heterocycles. The molecule has 1 aliphatic heterocycles. The quantitative estimate of drug-likeness (QED) is 0.696. The maximum Gasteiger partial charge on any atom is 0.336 e. The van der Waals surface area contributed by atoms with Gasteiger partial charge in [-0.3, -0.25) is 4.79 Å². The smallest absolute Gasteiger partial charge is 0.336 e. The number of fused-ring (bicyclic) bond motifs is 1. The molecule has 0 saturated carbocycles. The van der Waals surface area contributed by atoms with Crippen LogP contribution < -0.4 is 9.47 Å². The second-order valence-electron chi connectivity index (χ2n) is 5.07. The molecule has 2 aromatic rings. The predicted octanol–water partition coefficient (Wildman–Crippen LogP) is 2.99. The van der Waals surface area contributed by atoms with Gasteiger partial charge in [0.15, 0.2) is 0 Å². The molecular weight excluding hydrogens is 284 g/mol. The normalized spacial score (nSPS) is 15.8. The number of ether oxygens (including phenoxy) is 2. The average Bonchev–Trinajstić information content (AvgIpc) is 2.90. The van der Waals surface area contributed by atoms with E-state index in [9.17, 15) is 14.7 Å². The fourth-order valence-electron chi connectivity index (χ4n) is 2.59. The third-order valence-corrected chi connectivity index (χ3v) is 3.51. The molecule has 0 spiro atoms. The minimum absolute atomic E-state index is 0.147. The molecule has 0 amide bonds. The first-order valence-electron chi connectivity index (χ1n) is 6.85. The van der Waals surface area contributed by atoms with Crippen LogP contribution in [-0.4, -0.2) is 17.0 Å². The summed E-state index contributed by atoms with van der Waals surface area (Å²) in [6, 6.07) is 12.0. The van der Waals surface area contributed by atoms with Crippen molar-refractivity contribution in [2.45, 2.75) is 19.4 Å². The third kappa shape index (κ3) is 2.65. The number of aromatic carboxylic acids is 1. The lowest BCUT2D eigenvalue weighted by Gasteiger charge is -2.15. The average molecular weight is 298 g/mol. The largest absolute Gasteiger partial charge is 0.485 e. The molecule has 0 aliphatic carbocycles. The summed E-state index contributed by atoms with van der Waals surface area (Å²) in [5.41, 5.74) is 1.68. The Morgan fingerprint density at radius 1 is 1.23 bits per heavy atom. The Bertz CT molecular complexity index is 725. The van der Waals surface area contributed by atoms with Gasteiger partial charge in [0.25, 0.3) is 0 Å². The molecule has 1 heterocycles. The Balaban J connectivity index is 1.98. The lowest BCUT2D eigenvalue weighted by molar-refractivity contribution is -0.131. The summed E-state index contributed by atoms with van der Waals surface area (Å²) in [4.78, 5) is 22.5. The molecule has 0 bridgehead atoms. The highest BCUT2D eigenvalue weighted by Crippen LogP contribution is 2.38. The fourth-order valence-corrected chi connectivity index (χ4v) is 2.59.